The number of hydrogen-bond acceptors (Lipinski definition) is 3. The van der Waals surface area contributed by atoms with Crippen molar-refractivity contribution in [2.45, 2.75) is 32.2 Å². The van der Waals surface area contributed by atoms with Crippen LogP contribution in [-0.4, -0.2) is 28.1 Å². The van der Waals surface area contributed by atoms with Crippen LogP contribution in [0.5, 0.6) is 0 Å². The van der Waals surface area contributed by atoms with Gasteiger partial charge >= 0.3 is 5.97 Å². The minimum Gasteiger partial charge on any atom is -0.478 e. The Hall–Kier alpha value is -1.65. The van der Waals surface area contributed by atoms with Crippen LogP contribution in [0.4, 0.5) is 10.2 Å². The summed E-state index contributed by atoms with van der Waals surface area (Å²) >= 11 is 0. The summed E-state index contributed by atoms with van der Waals surface area (Å²) in [5, 5.41) is 9.09. The third-order valence-electron chi connectivity index (χ3n) is 3.22. The Bertz CT molecular complexity index is 460. The van der Waals surface area contributed by atoms with Gasteiger partial charge in [0.1, 0.15) is 17.2 Å². The average Bonchev–Trinajstić information content (AvgIpc) is 2.58. The zero-order valence-electron chi connectivity index (χ0n) is 9.90. The van der Waals surface area contributed by atoms with Crippen molar-refractivity contribution in [1.29, 1.82) is 0 Å². The Labute approximate surface area is 99.1 Å². The Morgan fingerprint density at radius 3 is 2.82 bits per heavy atom. The first-order valence-corrected chi connectivity index (χ1v) is 5.58. The van der Waals surface area contributed by atoms with Crippen LogP contribution in [0.3, 0.4) is 0 Å². The third kappa shape index (κ3) is 2.09. The molecule has 1 fully saturated rings. The van der Waals surface area contributed by atoms with Crippen LogP contribution in [-0.2, 0) is 0 Å². The van der Waals surface area contributed by atoms with E-state index < -0.39 is 11.8 Å². The van der Waals surface area contributed by atoms with E-state index in [1.54, 1.807) is 0 Å². The van der Waals surface area contributed by atoms with Gasteiger partial charge in [-0.25, -0.2) is 14.2 Å². The van der Waals surface area contributed by atoms with Crippen LogP contribution in [0.1, 0.15) is 37.0 Å². The van der Waals surface area contributed by atoms with Crippen molar-refractivity contribution >= 4 is 11.8 Å². The minimum atomic E-state index is -1.14. The third-order valence-corrected chi connectivity index (χ3v) is 3.22. The highest BCUT2D eigenvalue weighted by atomic mass is 19.1. The molecule has 1 N–H and O–H groups in total. The SMILES string of the molecule is CC1(C)CCCN1c1ncc(F)cc1C(=O)O. The van der Waals surface area contributed by atoms with E-state index in [9.17, 15) is 9.18 Å². The summed E-state index contributed by atoms with van der Waals surface area (Å²) in [7, 11) is 0. The molecular formula is C12H15FN2O2. The lowest BCUT2D eigenvalue weighted by molar-refractivity contribution is 0.0696. The fourth-order valence-electron chi connectivity index (χ4n) is 2.30. The number of aromatic nitrogens is 1. The number of carboxylic acids is 1. The van der Waals surface area contributed by atoms with Gasteiger partial charge in [-0.1, -0.05) is 0 Å². The van der Waals surface area contributed by atoms with E-state index in [1.807, 2.05) is 18.7 Å². The van der Waals surface area contributed by atoms with Crippen LogP contribution in [0.2, 0.25) is 0 Å². The van der Waals surface area contributed by atoms with Gasteiger partial charge in [-0.2, -0.15) is 0 Å². The molecule has 2 heterocycles. The largest absolute Gasteiger partial charge is 0.478 e. The van der Waals surface area contributed by atoms with E-state index in [0.717, 1.165) is 31.6 Å². The van der Waals surface area contributed by atoms with Crippen molar-refractivity contribution in [1.82, 2.24) is 4.98 Å². The summed E-state index contributed by atoms with van der Waals surface area (Å²) in [6, 6.07) is 1.03. The highest BCUT2D eigenvalue weighted by molar-refractivity contribution is 5.93. The fourth-order valence-corrected chi connectivity index (χ4v) is 2.30. The van der Waals surface area contributed by atoms with E-state index in [4.69, 9.17) is 5.11 Å². The van der Waals surface area contributed by atoms with Crippen LogP contribution < -0.4 is 4.90 Å². The number of anilines is 1. The topological polar surface area (TPSA) is 53.4 Å². The van der Waals surface area contributed by atoms with Gasteiger partial charge in [-0.15, -0.1) is 0 Å². The molecule has 1 aromatic rings. The minimum absolute atomic E-state index is 0.0695. The molecule has 1 aromatic heterocycles. The van der Waals surface area contributed by atoms with Crippen LogP contribution in [0.25, 0.3) is 0 Å². The monoisotopic (exact) mass is 238 g/mol. The summed E-state index contributed by atoms with van der Waals surface area (Å²) in [5.41, 5.74) is -0.199. The number of hydrogen-bond donors (Lipinski definition) is 1. The first-order valence-electron chi connectivity index (χ1n) is 5.58. The summed E-state index contributed by atoms with van der Waals surface area (Å²) in [5.74, 6) is -1.40. The molecule has 5 heteroatoms. The zero-order valence-corrected chi connectivity index (χ0v) is 9.90. The van der Waals surface area contributed by atoms with Gasteiger partial charge < -0.3 is 10.0 Å². The lowest BCUT2D eigenvalue weighted by Crippen LogP contribution is -2.39. The molecule has 0 radical (unpaired) electrons. The van der Waals surface area contributed by atoms with Gasteiger partial charge in [0.25, 0.3) is 0 Å². The maximum absolute atomic E-state index is 13.0. The molecule has 4 nitrogen and oxygen atoms in total. The highest BCUT2D eigenvalue weighted by Gasteiger charge is 2.35. The number of nitrogens with zero attached hydrogens (tertiary/aromatic N) is 2. The predicted octanol–water partition coefficient (Wildman–Crippen LogP) is 2.30. The molecule has 0 bridgehead atoms. The van der Waals surface area contributed by atoms with E-state index in [1.165, 1.54) is 0 Å². The number of pyridine rings is 1. The van der Waals surface area contributed by atoms with Gasteiger partial charge in [0.05, 0.1) is 6.20 Å². The molecule has 17 heavy (non-hydrogen) atoms. The average molecular weight is 238 g/mol. The molecular weight excluding hydrogens is 223 g/mol. The van der Waals surface area contributed by atoms with Crippen molar-refractivity contribution in [3.05, 3.63) is 23.6 Å². The van der Waals surface area contributed by atoms with Crippen molar-refractivity contribution in [3.8, 4) is 0 Å². The molecule has 92 valence electrons. The van der Waals surface area contributed by atoms with E-state index in [2.05, 4.69) is 4.98 Å². The molecule has 1 aliphatic heterocycles. The summed E-state index contributed by atoms with van der Waals surface area (Å²) in [4.78, 5) is 17.0. The van der Waals surface area contributed by atoms with Crippen molar-refractivity contribution in [2.24, 2.45) is 0 Å². The molecule has 0 amide bonds. The second-order valence-electron chi connectivity index (χ2n) is 4.90. The summed E-state index contributed by atoms with van der Waals surface area (Å²) in [6.07, 6.45) is 3.03. The van der Waals surface area contributed by atoms with Crippen molar-refractivity contribution in [2.75, 3.05) is 11.4 Å². The second-order valence-corrected chi connectivity index (χ2v) is 4.90. The van der Waals surface area contributed by atoms with E-state index in [-0.39, 0.29) is 11.1 Å². The molecule has 0 saturated carbocycles. The van der Waals surface area contributed by atoms with Crippen LogP contribution >= 0.6 is 0 Å². The van der Waals surface area contributed by atoms with E-state index in [0.29, 0.717) is 5.82 Å². The first-order chi connectivity index (χ1) is 7.92. The molecule has 1 aliphatic rings. The lowest BCUT2D eigenvalue weighted by Gasteiger charge is -2.33. The molecule has 2 rings (SSSR count). The summed E-state index contributed by atoms with van der Waals surface area (Å²) < 4.78 is 13.0. The molecule has 0 spiro atoms. The summed E-state index contributed by atoms with van der Waals surface area (Å²) in [6.45, 7) is 4.83. The molecule has 0 aliphatic carbocycles. The molecule has 0 unspecified atom stereocenters. The maximum Gasteiger partial charge on any atom is 0.339 e. The van der Waals surface area contributed by atoms with Crippen LogP contribution in [0, 0.1) is 5.82 Å². The highest BCUT2D eigenvalue weighted by Crippen LogP contribution is 2.34. The van der Waals surface area contributed by atoms with Gasteiger partial charge in [-0.05, 0) is 32.8 Å². The van der Waals surface area contributed by atoms with Crippen molar-refractivity contribution < 1.29 is 14.3 Å². The first kappa shape index (κ1) is 11.8. The lowest BCUT2D eigenvalue weighted by atomic mass is 10.0. The maximum atomic E-state index is 13.0. The molecule has 0 atom stereocenters. The number of aromatic carboxylic acids is 1. The number of rotatable bonds is 2. The Morgan fingerprint density at radius 2 is 2.29 bits per heavy atom. The van der Waals surface area contributed by atoms with Gasteiger partial charge in [-0.3, -0.25) is 0 Å². The molecule has 0 aromatic carbocycles. The quantitative estimate of drug-likeness (QED) is 0.859. The zero-order chi connectivity index (χ0) is 12.6. The Morgan fingerprint density at radius 1 is 1.59 bits per heavy atom. The van der Waals surface area contributed by atoms with Gasteiger partial charge in [0.15, 0.2) is 0 Å². The predicted molar refractivity (Wildman–Crippen MR) is 61.8 cm³/mol. The van der Waals surface area contributed by atoms with Crippen molar-refractivity contribution in [3.63, 3.8) is 0 Å². The Balaban J connectivity index is 2.48. The van der Waals surface area contributed by atoms with E-state index >= 15 is 0 Å². The normalized spacial score (nSPS) is 18.4. The molecule has 1 saturated heterocycles. The number of halogens is 1. The standard InChI is InChI=1S/C12H15FN2O2/c1-12(2)4-3-5-15(12)10-9(11(16)17)6-8(13)7-14-10/h6-7H,3-5H2,1-2H3,(H,16,17). The van der Waals surface area contributed by atoms with Gasteiger partial charge in [0.2, 0.25) is 0 Å². The second kappa shape index (κ2) is 3.98. The number of carbonyl (C=O) groups is 1. The fraction of sp³-hybridized carbons (Fsp3) is 0.500. The Kier molecular flexibility index (Phi) is 2.77. The number of carboxylic acid groups (broad SMARTS) is 1. The van der Waals surface area contributed by atoms with Gasteiger partial charge in [0, 0.05) is 12.1 Å². The van der Waals surface area contributed by atoms with Crippen LogP contribution in [0.15, 0.2) is 12.3 Å². The smallest absolute Gasteiger partial charge is 0.339 e.